The van der Waals surface area contributed by atoms with E-state index in [1.165, 1.54) is 21.6 Å². The third-order valence-electron chi connectivity index (χ3n) is 3.39. The molecule has 0 aliphatic heterocycles. The number of halogens is 1. The van der Waals surface area contributed by atoms with Crippen LogP contribution in [0, 0.1) is 5.82 Å². The first kappa shape index (κ1) is 14.0. The zero-order valence-corrected chi connectivity index (χ0v) is 11.8. The number of H-pyrrole nitrogens is 1. The van der Waals surface area contributed by atoms with E-state index in [-0.39, 0.29) is 29.5 Å². The van der Waals surface area contributed by atoms with Crippen LogP contribution in [-0.2, 0) is 6.54 Å². The van der Waals surface area contributed by atoms with Gasteiger partial charge in [-0.05, 0) is 18.2 Å². The number of carbonyl (C=O) groups excluding carboxylic acids is 1. The number of fused-ring (bicyclic) bond motifs is 1. The Morgan fingerprint density at radius 2 is 2.09 bits per heavy atom. The Labute approximate surface area is 124 Å². The number of pyridine rings is 1. The maximum Gasteiger partial charge on any atom is 0.347 e. The summed E-state index contributed by atoms with van der Waals surface area (Å²) in [5.74, 6) is -0.704. The molecule has 3 rings (SSSR count). The van der Waals surface area contributed by atoms with Crippen LogP contribution in [0.1, 0.15) is 15.9 Å². The van der Waals surface area contributed by atoms with Crippen molar-refractivity contribution in [2.24, 2.45) is 0 Å². The zero-order valence-electron chi connectivity index (χ0n) is 11.8. The second-order valence-corrected chi connectivity index (χ2v) is 4.90. The molecular formula is C15H13FN4O2. The van der Waals surface area contributed by atoms with Crippen LogP contribution < -0.4 is 5.69 Å². The highest BCUT2D eigenvalue weighted by molar-refractivity contribution is 5.99. The summed E-state index contributed by atoms with van der Waals surface area (Å²) in [6.45, 7) is 0.126. The van der Waals surface area contributed by atoms with Crippen molar-refractivity contribution < 1.29 is 9.18 Å². The van der Waals surface area contributed by atoms with E-state index in [1.807, 2.05) is 0 Å². The highest BCUT2D eigenvalue weighted by Crippen LogP contribution is 2.13. The minimum Gasteiger partial charge on any atom is -0.337 e. The lowest BCUT2D eigenvalue weighted by molar-refractivity contribution is 0.0785. The molecule has 0 bridgehead atoms. The normalized spacial score (nSPS) is 10.8. The van der Waals surface area contributed by atoms with Crippen LogP contribution in [0.4, 0.5) is 4.39 Å². The molecule has 1 amide bonds. The van der Waals surface area contributed by atoms with Gasteiger partial charge in [-0.25, -0.2) is 18.7 Å². The highest BCUT2D eigenvalue weighted by Gasteiger charge is 2.18. The van der Waals surface area contributed by atoms with Gasteiger partial charge in [0.2, 0.25) is 0 Å². The highest BCUT2D eigenvalue weighted by atomic mass is 19.1. The Kier molecular flexibility index (Phi) is 3.46. The lowest BCUT2D eigenvalue weighted by Gasteiger charge is -2.17. The number of carbonyl (C=O) groups is 1. The molecule has 1 aromatic carbocycles. The quantitative estimate of drug-likeness (QED) is 0.795. The predicted molar refractivity (Wildman–Crippen MR) is 78.0 cm³/mol. The summed E-state index contributed by atoms with van der Waals surface area (Å²) in [5.41, 5.74) is 0.531. The molecule has 0 radical (unpaired) electrons. The molecule has 0 unspecified atom stereocenters. The van der Waals surface area contributed by atoms with Crippen LogP contribution in [0.2, 0.25) is 0 Å². The minimum absolute atomic E-state index is 0.126. The fourth-order valence-electron chi connectivity index (χ4n) is 2.26. The van der Waals surface area contributed by atoms with Crippen molar-refractivity contribution in [3.05, 3.63) is 70.0 Å². The first-order valence-electron chi connectivity index (χ1n) is 6.62. The van der Waals surface area contributed by atoms with Gasteiger partial charge in [0.05, 0.1) is 5.56 Å². The molecule has 22 heavy (non-hydrogen) atoms. The van der Waals surface area contributed by atoms with Crippen molar-refractivity contribution in [1.82, 2.24) is 19.5 Å². The number of hydrogen-bond acceptors (Lipinski definition) is 3. The predicted octanol–water partition coefficient (Wildman–Crippen LogP) is 1.43. The molecule has 7 heteroatoms. The van der Waals surface area contributed by atoms with Crippen molar-refractivity contribution in [3.8, 4) is 0 Å². The molecule has 1 N–H and O–H groups in total. The molecule has 0 aliphatic rings. The number of benzene rings is 1. The largest absolute Gasteiger partial charge is 0.347 e. The van der Waals surface area contributed by atoms with E-state index >= 15 is 0 Å². The molecule has 112 valence electrons. The van der Waals surface area contributed by atoms with E-state index in [0.29, 0.717) is 5.56 Å². The van der Waals surface area contributed by atoms with Crippen molar-refractivity contribution >= 4 is 11.6 Å². The molecule has 0 aliphatic carbocycles. The SMILES string of the molecule is CN(Cc1ccccc1F)C(=O)c1cccn2c(=O)[nH]nc12. The van der Waals surface area contributed by atoms with E-state index in [0.717, 1.165) is 0 Å². The molecule has 0 saturated heterocycles. The van der Waals surface area contributed by atoms with Gasteiger partial charge in [-0.15, -0.1) is 0 Å². The summed E-state index contributed by atoms with van der Waals surface area (Å²) >= 11 is 0. The molecule has 0 fully saturated rings. The number of aromatic nitrogens is 3. The van der Waals surface area contributed by atoms with E-state index < -0.39 is 5.69 Å². The van der Waals surface area contributed by atoms with Crippen LogP contribution in [0.5, 0.6) is 0 Å². The van der Waals surface area contributed by atoms with Gasteiger partial charge in [0.1, 0.15) is 5.82 Å². The summed E-state index contributed by atoms with van der Waals surface area (Å²) in [4.78, 5) is 25.4. The summed E-state index contributed by atoms with van der Waals surface area (Å²) in [5, 5.41) is 6.15. The second kappa shape index (κ2) is 5.44. The smallest absolute Gasteiger partial charge is 0.337 e. The Bertz CT molecular complexity index is 900. The average Bonchev–Trinajstić information content (AvgIpc) is 2.90. The molecule has 2 heterocycles. The van der Waals surface area contributed by atoms with Gasteiger partial charge in [-0.3, -0.25) is 4.79 Å². The third-order valence-corrected chi connectivity index (χ3v) is 3.39. The Balaban J connectivity index is 1.92. The summed E-state index contributed by atoms with van der Waals surface area (Å²) in [6.07, 6.45) is 1.52. The first-order valence-corrected chi connectivity index (χ1v) is 6.62. The molecule has 0 atom stereocenters. The van der Waals surface area contributed by atoms with E-state index in [2.05, 4.69) is 10.2 Å². The first-order chi connectivity index (χ1) is 10.6. The summed E-state index contributed by atoms with van der Waals surface area (Å²) in [7, 11) is 1.57. The number of nitrogens with zero attached hydrogens (tertiary/aromatic N) is 3. The molecule has 6 nitrogen and oxygen atoms in total. The van der Waals surface area contributed by atoms with Crippen LogP contribution >= 0.6 is 0 Å². The van der Waals surface area contributed by atoms with Crippen LogP contribution in [0.25, 0.3) is 5.65 Å². The van der Waals surface area contributed by atoms with Crippen molar-refractivity contribution in [2.75, 3.05) is 7.05 Å². The Hall–Kier alpha value is -2.96. The number of aromatic amines is 1. The van der Waals surface area contributed by atoms with E-state index in [9.17, 15) is 14.0 Å². The average molecular weight is 300 g/mol. The maximum atomic E-state index is 13.7. The summed E-state index contributed by atoms with van der Waals surface area (Å²) < 4.78 is 14.9. The molecule has 2 aromatic heterocycles. The van der Waals surface area contributed by atoms with E-state index in [4.69, 9.17) is 0 Å². The van der Waals surface area contributed by atoms with Crippen LogP contribution in [0.15, 0.2) is 47.4 Å². The lowest BCUT2D eigenvalue weighted by atomic mass is 10.2. The van der Waals surface area contributed by atoms with Gasteiger partial charge in [0.15, 0.2) is 5.65 Å². The topological polar surface area (TPSA) is 70.5 Å². The fourth-order valence-corrected chi connectivity index (χ4v) is 2.26. The number of amides is 1. The molecule has 3 aromatic rings. The monoisotopic (exact) mass is 300 g/mol. The van der Waals surface area contributed by atoms with Gasteiger partial charge < -0.3 is 4.90 Å². The van der Waals surface area contributed by atoms with Crippen LogP contribution in [-0.4, -0.2) is 32.5 Å². The number of nitrogens with one attached hydrogen (secondary N) is 1. The minimum atomic E-state index is -0.415. The molecule has 0 spiro atoms. The Morgan fingerprint density at radius 1 is 1.32 bits per heavy atom. The van der Waals surface area contributed by atoms with E-state index in [1.54, 1.807) is 37.4 Å². The number of hydrogen-bond donors (Lipinski definition) is 1. The zero-order chi connectivity index (χ0) is 15.7. The lowest BCUT2D eigenvalue weighted by Crippen LogP contribution is -2.27. The second-order valence-electron chi connectivity index (χ2n) is 4.90. The summed E-state index contributed by atoms with van der Waals surface area (Å²) in [6, 6.07) is 9.45. The Morgan fingerprint density at radius 3 is 2.86 bits per heavy atom. The van der Waals surface area contributed by atoms with Crippen molar-refractivity contribution in [1.29, 1.82) is 0 Å². The standard InChI is InChI=1S/C15H13FN4O2/c1-19(9-10-5-2-3-7-12(10)16)14(21)11-6-4-8-20-13(11)17-18-15(20)22/h2-8H,9H2,1H3,(H,18,22). The van der Waals surface area contributed by atoms with Gasteiger partial charge in [-0.1, -0.05) is 18.2 Å². The van der Waals surface area contributed by atoms with Gasteiger partial charge in [0, 0.05) is 25.4 Å². The van der Waals surface area contributed by atoms with Crippen molar-refractivity contribution in [2.45, 2.75) is 6.54 Å². The number of rotatable bonds is 3. The molecule has 0 saturated carbocycles. The van der Waals surface area contributed by atoms with Crippen LogP contribution in [0.3, 0.4) is 0 Å². The van der Waals surface area contributed by atoms with Gasteiger partial charge in [-0.2, -0.15) is 5.10 Å². The fraction of sp³-hybridized carbons (Fsp3) is 0.133. The van der Waals surface area contributed by atoms with Crippen molar-refractivity contribution in [3.63, 3.8) is 0 Å². The maximum absolute atomic E-state index is 13.7. The molecular weight excluding hydrogens is 287 g/mol. The van der Waals surface area contributed by atoms with Gasteiger partial charge in [0.25, 0.3) is 5.91 Å². The van der Waals surface area contributed by atoms with Gasteiger partial charge >= 0.3 is 5.69 Å². The third kappa shape index (κ3) is 2.37.